The van der Waals surface area contributed by atoms with Crippen molar-refractivity contribution in [1.82, 2.24) is 47.9 Å². The van der Waals surface area contributed by atoms with Crippen molar-refractivity contribution < 1.29 is 54.1 Å². The van der Waals surface area contributed by atoms with E-state index in [9.17, 15) is 39.9 Å². The molecule has 0 aromatic heterocycles. The van der Waals surface area contributed by atoms with E-state index in [0.717, 1.165) is 19.3 Å². The average molecular weight is 1090 g/mol. The van der Waals surface area contributed by atoms with Crippen LogP contribution in [0.15, 0.2) is 18.2 Å². The summed E-state index contributed by atoms with van der Waals surface area (Å²) < 4.78 is 18.6. The highest BCUT2D eigenvalue weighted by atomic mass is 16.7. The molecule has 21 unspecified atom stereocenters. The van der Waals surface area contributed by atoms with E-state index in [4.69, 9.17) is 14.2 Å². The molecule has 2 aromatic carbocycles. The highest BCUT2D eigenvalue weighted by molar-refractivity contribution is 6.31. The van der Waals surface area contributed by atoms with Crippen molar-refractivity contribution in [2.45, 2.75) is 214 Å². The number of carbonyl (C=O) groups excluding carboxylic acids is 3. The van der Waals surface area contributed by atoms with E-state index in [0.29, 0.717) is 35.5 Å². The van der Waals surface area contributed by atoms with Crippen LogP contribution in [0.3, 0.4) is 0 Å². The molecule has 6 heterocycles. The molecule has 23 atom stereocenters. The molecule has 14 N–H and O–H groups in total. The van der Waals surface area contributed by atoms with Gasteiger partial charge in [0.1, 0.15) is 29.5 Å². The summed E-state index contributed by atoms with van der Waals surface area (Å²) in [6, 6.07) is 3.93. The number of carbonyl (C=O) groups is 3. The number of aromatic hydroxyl groups is 2. The average Bonchev–Trinajstić information content (AvgIpc) is 3.60. The fourth-order valence-corrected chi connectivity index (χ4v) is 18.4. The van der Waals surface area contributed by atoms with Gasteiger partial charge < -0.3 is 45.1 Å². The van der Waals surface area contributed by atoms with Gasteiger partial charge in [0.2, 0.25) is 5.78 Å². The third-order valence-corrected chi connectivity index (χ3v) is 22.1. The number of aliphatic hydroxyl groups is 3. The first-order chi connectivity index (χ1) is 38.3. The number of ether oxygens (including phenoxy) is 3. The van der Waals surface area contributed by atoms with Crippen molar-refractivity contribution in [2.75, 3.05) is 13.7 Å². The molecular formula is C59H83N9O11. The van der Waals surface area contributed by atoms with Gasteiger partial charge in [0.25, 0.3) is 0 Å². The first-order valence-electron chi connectivity index (χ1n) is 30.4. The van der Waals surface area contributed by atoms with Crippen LogP contribution in [0.4, 0.5) is 0 Å². The highest BCUT2D eigenvalue weighted by Gasteiger charge is 2.57. The lowest BCUT2D eigenvalue weighted by molar-refractivity contribution is -0.250. The molecule has 2 aromatic rings. The van der Waals surface area contributed by atoms with Gasteiger partial charge in [-0.15, -0.1) is 0 Å². The van der Waals surface area contributed by atoms with E-state index >= 15 is 0 Å². The second kappa shape index (κ2) is 20.9. The summed E-state index contributed by atoms with van der Waals surface area (Å²) in [6.45, 7) is 0.749. The van der Waals surface area contributed by atoms with Crippen molar-refractivity contribution in [3.63, 3.8) is 0 Å². The summed E-state index contributed by atoms with van der Waals surface area (Å²) >= 11 is 0. The minimum absolute atomic E-state index is 0.0287. The van der Waals surface area contributed by atoms with Crippen LogP contribution in [-0.2, 0) is 20.7 Å². The number of hydrogen-bond donors (Lipinski definition) is 14. The molecule has 79 heavy (non-hydrogen) atoms. The zero-order chi connectivity index (χ0) is 54.2. The summed E-state index contributed by atoms with van der Waals surface area (Å²) in [5.74, 6) is -0.0358. The third kappa shape index (κ3) is 8.86. The Morgan fingerprint density at radius 3 is 1.67 bits per heavy atom. The smallest absolute Gasteiger partial charge is 0.202 e. The number of phenols is 2. The van der Waals surface area contributed by atoms with E-state index in [1.165, 1.54) is 96.3 Å². The van der Waals surface area contributed by atoms with Gasteiger partial charge in [0.05, 0.1) is 91.4 Å². The lowest BCUT2D eigenvalue weighted by Crippen LogP contribution is -2.63. The van der Waals surface area contributed by atoms with Crippen LogP contribution in [0.25, 0.3) is 0 Å². The Morgan fingerprint density at radius 1 is 0.658 bits per heavy atom. The van der Waals surface area contributed by atoms with Crippen LogP contribution in [0.5, 0.6) is 17.2 Å². The van der Waals surface area contributed by atoms with Gasteiger partial charge in [-0.25, -0.2) is 0 Å². The van der Waals surface area contributed by atoms with E-state index in [1.54, 1.807) is 13.0 Å². The Hall–Kier alpha value is -3.71. The maximum atomic E-state index is 14.4. The molecule has 430 valence electrons. The van der Waals surface area contributed by atoms with Gasteiger partial charge in [-0.3, -0.25) is 56.9 Å². The molecule has 0 amide bonds. The largest absolute Gasteiger partial charge is 0.507 e. The second-order valence-corrected chi connectivity index (χ2v) is 26.0. The fraction of sp³-hybridized carbons (Fsp3) is 0.746. The number of methoxy groups -OCH3 is 1. The molecule has 4 saturated carbocycles. The van der Waals surface area contributed by atoms with Crippen LogP contribution in [0.2, 0.25) is 0 Å². The number of rotatable bonds is 7. The first-order valence-corrected chi connectivity index (χ1v) is 30.4. The Balaban J connectivity index is 0.763. The molecular weight excluding hydrogens is 1010 g/mol. The monoisotopic (exact) mass is 1090 g/mol. The standard InChI is InChI=1S/C59H83N9O11/c1-25-46(71)36(21-40(78-25)79-38-23-59(76,39(70)24-69)22-34-43(38)50(75)45-44(48(34)73)47(72)32-17-10-20-37(77-2)42(32)49(45)74)60-35-19-9-18-33-41(35)58-67-56-31-16-8-7-15-30(31)54(65-56)63-52-27-12-4-3-11-26(27)51(61-52)62-53-28-13-5-6-14-29(28)55(64-53)66-57(33)68-58/h10,17,20,25-31,33,35-36,38,40-41,46,51-58,60-69,71,73,75-76H,3-9,11-16,18-19,21-24H2,1-2H3/t25?,26?,27?,28?,29?,30?,31?,33?,35?,36?,38-,40?,41?,46?,51?,52?,53?,54?,55?,56?,57?,58?,59-/m0/s1. The van der Waals surface area contributed by atoms with Crippen molar-refractivity contribution >= 4 is 17.3 Å². The van der Waals surface area contributed by atoms with E-state index in [2.05, 4.69) is 47.9 Å². The summed E-state index contributed by atoms with van der Waals surface area (Å²) in [4.78, 5) is 41.9. The zero-order valence-electron chi connectivity index (χ0n) is 45.6. The normalized spacial score (nSPS) is 45.1. The minimum Gasteiger partial charge on any atom is -0.507 e. The summed E-state index contributed by atoms with van der Waals surface area (Å²) in [5, 5.41) is 96.3. The number of ketones is 3. The molecule has 0 spiro atoms. The Labute approximate surface area is 461 Å². The van der Waals surface area contributed by atoms with E-state index < -0.39 is 95.7 Å². The number of aliphatic hydroxyl groups excluding tert-OH is 2. The zero-order valence-corrected chi connectivity index (χ0v) is 45.6. The minimum atomic E-state index is -2.29. The van der Waals surface area contributed by atoms with Gasteiger partial charge >= 0.3 is 0 Å². The number of phenolic OH excluding ortho intramolecular Hbond substituents is 2. The van der Waals surface area contributed by atoms with Crippen LogP contribution < -0.4 is 52.6 Å². The highest BCUT2D eigenvalue weighted by Crippen LogP contribution is 2.53. The van der Waals surface area contributed by atoms with Gasteiger partial charge in [0.15, 0.2) is 17.9 Å². The topological polar surface area (TPSA) is 288 Å². The molecule has 20 nitrogen and oxygen atoms in total. The third-order valence-electron chi connectivity index (χ3n) is 22.1. The van der Waals surface area contributed by atoms with Crippen molar-refractivity contribution in [1.29, 1.82) is 0 Å². The van der Waals surface area contributed by atoms with Crippen LogP contribution in [0, 0.1) is 47.3 Å². The molecule has 10 fully saturated rings. The van der Waals surface area contributed by atoms with E-state index in [-0.39, 0.29) is 102 Å². The number of nitrogens with one attached hydrogen (secondary N) is 9. The molecule has 8 bridgehead atoms. The molecule has 12 aliphatic rings. The van der Waals surface area contributed by atoms with Crippen LogP contribution in [0.1, 0.15) is 165 Å². The quantitative estimate of drug-likeness (QED) is 0.151. The number of benzene rings is 2. The second-order valence-electron chi connectivity index (χ2n) is 26.0. The SMILES string of the molecule is COc1cccc2c1C(=O)c1c(O)c3c(c(O)c1C2=O)C[C@@](O)(C(=O)CO)C[C@@H]3OC1CC(NC2CCCC3C4NC5NC(NC6NC(NC7NC(NC(N4)C23)C2CCCCC72)C2CCCCC62)C2CCCCC52)C(O)C(C)O1. The summed E-state index contributed by atoms with van der Waals surface area (Å²) in [7, 11) is 1.37. The maximum absolute atomic E-state index is 14.4. The first kappa shape index (κ1) is 53.3. The lowest BCUT2D eigenvalue weighted by Gasteiger charge is -2.46. The number of hydrogen-bond acceptors (Lipinski definition) is 20. The van der Waals surface area contributed by atoms with Crippen molar-refractivity contribution in [3.05, 3.63) is 51.6 Å². The summed E-state index contributed by atoms with van der Waals surface area (Å²) in [5.41, 5.74) is -3.52. The molecule has 0 radical (unpaired) electrons. The van der Waals surface area contributed by atoms with Crippen LogP contribution in [-0.4, -0.2) is 142 Å². The van der Waals surface area contributed by atoms with Crippen molar-refractivity contribution in [3.8, 4) is 17.2 Å². The van der Waals surface area contributed by atoms with Gasteiger partial charge in [-0.05, 0) is 106 Å². The van der Waals surface area contributed by atoms with Crippen molar-refractivity contribution in [2.24, 2.45) is 47.3 Å². The Morgan fingerprint density at radius 2 is 1.15 bits per heavy atom. The number of fused-ring (bicyclic) bond motifs is 23. The lowest BCUT2D eigenvalue weighted by atomic mass is 9.72. The Kier molecular flexibility index (Phi) is 14.1. The fourth-order valence-electron chi connectivity index (χ4n) is 18.4. The molecule has 14 rings (SSSR count). The maximum Gasteiger partial charge on any atom is 0.202 e. The van der Waals surface area contributed by atoms with Gasteiger partial charge in [0, 0.05) is 54.0 Å². The molecule has 6 saturated heterocycles. The molecule has 6 aliphatic heterocycles. The van der Waals surface area contributed by atoms with Gasteiger partial charge in [-0.1, -0.05) is 57.1 Å². The Bertz CT molecular complexity index is 2720. The number of Topliss-reactive ketones (excluding diaryl/α,β-unsaturated/α-hetero) is 1. The predicted molar refractivity (Wildman–Crippen MR) is 287 cm³/mol. The van der Waals surface area contributed by atoms with Gasteiger partial charge in [-0.2, -0.15) is 0 Å². The molecule has 6 aliphatic carbocycles. The predicted octanol–water partition coefficient (Wildman–Crippen LogP) is 2.23. The van der Waals surface area contributed by atoms with Crippen LogP contribution >= 0.6 is 0 Å². The molecule has 20 heteroatoms. The summed E-state index contributed by atoms with van der Waals surface area (Å²) in [6.07, 6.45) is 13.8. The van der Waals surface area contributed by atoms with E-state index in [1.807, 2.05) is 0 Å².